The van der Waals surface area contributed by atoms with Gasteiger partial charge in [-0.05, 0) is 42.5 Å². The number of hydrogen-bond acceptors (Lipinski definition) is 4. The largest absolute Gasteiger partial charge is 0.497 e. The molecular weight excluding hydrogens is 328 g/mol. The highest BCUT2D eigenvalue weighted by Gasteiger charge is 2.15. The minimum atomic E-state index is -0.275. The van der Waals surface area contributed by atoms with Crippen LogP contribution in [0, 0.1) is 0 Å². The van der Waals surface area contributed by atoms with E-state index in [0.717, 1.165) is 11.4 Å². The van der Waals surface area contributed by atoms with E-state index in [0.29, 0.717) is 22.7 Å². The molecule has 0 aliphatic heterocycles. The van der Waals surface area contributed by atoms with E-state index in [1.807, 2.05) is 54.6 Å². The van der Waals surface area contributed by atoms with Crippen LogP contribution in [0.5, 0.6) is 11.5 Å². The van der Waals surface area contributed by atoms with Gasteiger partial charge >= 0.3 is 0 Å². The topological polar surface area (TPSA) is 59.6 Å². The number of rotatable bonds is 6. The maximum Gasteiger partial charge on any atom is 0.259 e. The summed E-state index contributed by atoms with van der Waals surface area (Å²) >= 11 is 0. The molecule has 0 bridgehead atoms. The van der Waals surface area contributed by atoms with Gasteiger partial charge in [0.15, 0.2) is 0 Å². The lowest BCUT2D eigenvalue weighted by Gasteiger charge is -2.15. The average molecular weight is 348 g/mol. The third kappa shape index (κ3) is 3.95. The molecule has 3 rings (SSSR count). The molecular formula is C21H20N2O3. The van der Waals surface area contributed by atoms with Gasteiger partial charge in [0.1, 0.15) is 11.5 Å². The van der Waals surface area contributed by atoms with Crippen LogP contribution in [-0.2, 0) is 0 Å². The molecule has 1 amide bonds. The molecule has 5 heteroatoms. The standard InChI is InChI=1S/C21H20N2O3/c1-25-16-12-13-20(26-2)17(14-16)21(24)23-19-11-7-6-10-18(19)22-15-8-4-3-5-9-15/h3-14,22H,1-2H3,(H,23,24). The Hall–Kier alpha value is -3.47. The number of carbonyl (C=O) groups is 1. The number of nitrogens with one attached hydrogen (secondary N) is 2. The number of anilines is 3. The molecule has 3 aromatic rings. The van der Waals surface area contributed by atoms with Crippen molar-refractivity contribution < 1.29 is 14.3 Å². The third-order valence-corrected chi connectivity index (χ3v) is 3.88. The summed E-state index contributed by atoms with van der Waals surface area (Å²) in [4.78, 5) is 12.8. The number of amides is 1. The van der Waals surface area contributed by atoms with Gasteiger partial charge in [0.25, 0.3) is 5.91 Å². The first-order valence-corrected chi connectivity index (χ1v) is 8.15. The fourth-order valence-corrected chi connectivity index (χ4v) is 2.56. The van der Waals surface area contributed by atoms with Gasteiger partial charge < -0.3 is 20.1 Å². The Labute approximate surface area is 152 Å². The first-order chi connectivity index (χ1) is 12.7. The second-order valence-corrected chi connectivity index (χ2v) is 5.56. The highest BCUT2D eigenvalue weighted by atomic mass is 16.5. The van der Waals surface area contributed by atoms with Gasteiger partial charge in [-0.15, -0.1) is 0 Å². The van der Waals surface area contributed by atoms with Crippen molar-refractivity contribution in [2.45, 2.75) is 0 Å². The SMILES string of the molecule is COc1ccc(OC)c(C(=O)Nc2ccccc2Nc2ccccc2)c1. The normalized spacial score (nSPS) is 10.1. The monoisotopic (exact) mass is 348 g/mol. The Morgan fingerprint density at radius 1 is 0.808 bits per heavy atom. The Bertz CT molecular complexity index is 895. The van der Waals surface area contributed by atoms with E-state index in [1.54, 1.807) is 25.3 Å². The number of benzene rings is 3. The van der Waals surface area contributed by atoms with E-state index < -0.39 is 0 Å². The van der Waals surface area contributed by atoms with Gasteiger partial charge in [-0.3, -0.25) is 4.79 Å². The fourth-order valence-electron chi connectivity index (χ4n) is 2.56. The summed E-state index contributed by atoms with van der Waals surface area (Å²) in [5, 5.41) is 6.25. The molecule has 0 saturated carbocycles. The van der Waals surface area contributed by atoms with Crippen LogP contribution >= 0.6 is 0 Å². The molecule has 0 aromatic heterocycles. The summed E-state index contributed by atoms with van der Waals surface area (Å²) in [5.41, 5.74) is 2.81. The van der Waals surface area contributed by atoms with E-state index in [9.17, 15) is 4.79 Å². The summed E-state index contributed by atoms with van der Waals surface area (Å²) in [6.07, 6.45) is 0. The molecule has 0 unspecified atom stereocenters. The second kappa shape index (κ2) is 8.07. The highest BCUT2D eigenvalue weighted by Crippen LogP contribution is 2.28. The Kier molecular flexibility index (Phi) is 5.39. The van der Waals surface area contributed by atoms with Crippen LogP contribution in [0.15, 0.2) is 72.8 Å². The average Bonchev–Trinajstić information content (AvgIpc) is 2.69. The van der Waals surface area contributed by atoms with E-state index in [2.05, 4.69) is 10.6 Å². The van der Waals surface area contributed by atoms with Gasteiger partial charge in [-0.1, -0.05) is 30.3 Å². The van der Waals surface area contributed by atoms with Crippen molar-refractivity contribution in [3.8, 4) is 11.5 Å². The summed E-state index contributed by atoms with van der Waals surface area (Å²) < 4.78 is 10.5. The zero-order valence-electron chi connectivity index (χ0n) is 14.7. The Balaban J connectivity index is 1.86. The van der Waals surface area contributed by atoms with E-state index in [1.165, 1.54) is 7.11 Å². The maximum absolute atomic E-state index is 12.8. The molecule has 132 valence electrons. The van der Waals surface area contributed by atoms with Gasteiger partial charge in [0.2, 0.25) is 0 Å². The Morgan fingerprint density at radius 3 is 2.19 bits per heavy atom. The van der Waals surface area contributed by atoms with E-state index in [4.69, 9.17) is 9.47 Å². The van der Waals surface area contributed by atoms with Crippen molar-refractivity contribution in [1.29, 1.82) is 0 Å². The summed E-state index contributed by atoms with van der Waals surface area (Å²) in [7, 11) is 3.09. The molecule has 0 spiro atoms. The predicted octanol–water partition coefficient (Wildman–Crippen LogP) is 4.70. The van der Waals surface area contributed by atoms with Crippen LogP contribution in [0.4, 0.5) is 17.1 Å². The molecule has 5 nitrogen and oxygen atoms in total. The highest BCUT2D eigenvalue weighted by molar-refractivity contribution is 6.08. The fraction of sp³-hybridized carbons (Fsp3) is 0.0952. The van der Waals surface area contributed by atoms with Crippen molar-refractivity contribution in [3.05, 3.63) is 78.4 Å². The molecule has 3 aromatic carbocycles. The maximum atomic E-state index is 12.8. The van der Waals surface area contributed by atoms with Crippen LogP contribution in [0.1, 0.15) is 10.4 Å². The molecule has 0 aliphatic rings. The molecule has 26 heavy (non-hydrogen) atoms. The van der Waals surface area contributed by atoms with Crippen LogP contribution in [0.3, 0.4) is 0 Å². The molecule has 0 saturated heterocycles. The van der Waals surface area contributed by atoms with Gasteiger partial charge in [0, 0.05) is 5.69 Å². The summed E-state index contributed by atoms with van der Waals surface area (Å²) in [5.74, 6) is 0.798. The number of para-hydroxylation sites is 3. The van der Waals surface area contributed by atoms with Crippen LogP contribution in [0.25, 0.3) is 0 Å². The number of methoxy groups -OCH3 is 2. The minimum absolute atomic E-state index is 0.275. The molecule has 2 N–H and O–H groups in total. The van der Waals surface area contributed by atoms with Gasteiger partial charge in [-0.2, -0.15) is 0 Å². The lowest BCUT2D eigenvalue weighted by atomic mass is 10.1. The number of carbonyl (C=O) groups excluding carboxylic acids is 1. The third-order valence-electron chi connectivity index (χ3n) is 3.88. The Morgan fingerprint density at radius 2 is 1.50 bits per heavy atom. The first-order valence-electron chi connectivity index (χ1n) is 8.15. The number of ether oxygens (including phenoxy) is 2. The first kappa shape index (κ1) is 17.4. The molecule has 0 atom stereocenters. The number of hydrogen-bond donors (Lipinski definition) is 2. The molecule has 0 fully saturated rings. The van der Waals surface area contributed by atoms with Crippen molar-refractivity contribution in [2.24, 2.45) is 0 Å². The van der Waals surface area contributed by atoms with Crippen molar-refractivity contribution >= 4 is 23.0 Å². The van der Waals surface area contributed by atoms with Crippen molar-refractivity contribution in [2.75, 3.05) is 24.9 Å². The minimum Gasteiger partial charge on any atom is -0.497 e. The lowest BCUT2D eigenvalue weighted by Crippen LogP contribution is -2.14. The summed E-state index contributed by atoms with van der Waals surface area (Å²) in [6.45, 7) is 0. The van der Waals surface area contributed by atoms with Crippen LogP contribution in [0.2, 0.25) is 0 Å². The molecule has 0 aliphatic carbocycles. The van der Waals surface area contributed by atoms with Crippen molar-refractivity contribution in [3.63, 3.8) is 0 Å². The van der Waals surface area contributed by atoms with Crippen LogP contribution < -0.4 is 20.1 Å². The predicted molar refractivity (Wildman–Crippen MR) is 104 cm³/mol. The van der Waals surface area contributed by atoms with Gasteiger partial charge in [-0.25, -0.2) is 0 Å². The zero-order chi connectivity index (χ0) is 18.4. The quantitative estimate of drug-likeness (QED) is 0.678. The summed E-state index contributed by atoms with van der Waals surface area (Å²) in [6, 6.07) is 22.4. The second-order valence-electron chi connectivity index (χ2n) is 5.56. The lowest BCUT2D eigenvalue weighted by molar-refractivity contribution is 0.102. The molecule has 0 radical (unpaired) electrons. The zero-order valence-corrected chi connectivity index (χ0v) is 14.7. The van der Waals surface area contributed by atoms with Gasteiger partial charge in [0.05, 0.1) is 31.2 Å². The van der Waals surface area contributed by atoms with E-state index in [-0.39, 0.29) is 5.91 Å². The van der Waals surface area contributed by atoms with Crippen molar-refractivity contribution in [1.82, 2.24) is 0 Å². The van der Waals surface area contributed by atoms with Crippen LogP contribution in [-0.4, -0.2) is 20.1 Å². The smallest absolute Gasteiger partial charge is 0.259 e. The molecule has 0 heterocycles. The van der Waals surface area contributed by atoms with E-state index >= 15 is 0 Å².